The Kier molecular flexibility index (Phi) is 6.88. The second-order valence-corrected chi connectivity index (χ2v) is 9.40. The first-order chi connectivity index (χ1) is 15.0. The molecule has 1 saturated carbocycles. The van der Waals surface area contributed by atoms with Crippen LogP contribution in [0.25, 0.3) is 11.3 Å². The van der Waals surface area contributed by atoms with Crippen LogP contribution in [0.3, 0.4) is 0 Å². The standard InChI is InChI=1S/C24H27ClN4OS/c1-28(2)20-13-11-19(12-14-20)27-23(30)16-31-24-26-15-22(17-7-9-18(25)10-8-17)29(24)21-5-3-4-6-21/h7-15,21H,3-6,16H2,1-2H3,(H,27,30). The minimum absolute atomic E-state index is 0.0309. The second kappa shape index (κ2) is 9.79. The zero-order chi connectivity index (χ0) is 21.8. The average Bonchev–Trinajstić information content (AvgIpc) is 3.43. The van der Waals surface area contributed by atoms with E-state index in [-0.39, 0.29) is 5.91 Å². The van der Waals surface area contributed by atoms with Crippen LogP contribution in [0, 0.1) is 0 Å². The molecule has 0 saturated heterocycles. The summed E-state index contributed by atoms with van der Waals surface area (Å²) in [7, 11) is 3.99. The molecule has 1 N–H and O–H groups in total. The summed E-state index contributed by atoms with van der Waals surface area (Å²) in [4.78, 5) is 19.3. The number of nitrogens with zero attached hydrogens (tertiary/aromatic N) is 3. The monoisotopic (exact) mass is 454 g/mol. The number of aromatic nitrogens is 2. The molecule has 3 aromatic rings. The molecule has 31 heavy (non-hydrogen) atoms. The van der Waals surface area contributed by atoms with Crippen molar-refractivity contribution in [1.29, 1.82) is 0 Å². The molecule has 4 rings (SSSR count). The topological polar surface area (TPSA) is 50.2 Å². The highest BCUT2D eigenvalue weighted by Crippen LogP contribution is 2.37. The van der Waals surface area contributed by atoms with Gasteiger partial charge < -0.3 is 14.8 Å². The van der Waals surface area contributed by atoms with Gasteiger partial charge in [0, 0.05) is 36.5 Å². The third kappa shape index (κ3) is 5.25. The lowest BCUT2D eigenvalue weighted by molar-refractivity contribution is -0.113. The maximum absolute atomic E-state index is 12.6. The van der Waals surface area contributed by atoms with Gasteiger partial charge in [-0.25, -0.2) is 4.98 Å². The number of hydrogen-bond donors (Lipinski definition) is 1. The van der Waals surface area contributed by atoms with E-state index in [0.717, 1.165) is 45.7 Å². The largest absolute Gasteiger partial charge is 0.378 e. The van der Waals surface area contributed by atoms with E-state index in [1.54, 1.807) is 0 Å². The Morgan fingerprint density at radius 2 is 1.81 bits per heavy atom. The van der Waals surface area contributed by atoms with Crippen LogP contribution >= 0.6 is 23.4 Å². The van der Waals surface area contributed by atoms with Crippen LogP contribution in [0.2, 0.25) is 5.02 Å². The molecular formula is C24H27ClN4OS. The summed E-state index contributed by atoms with van der Waals surface area (Å²) in [6, 6.07) is 16.1. The molecule has 0 radical (unpaired) electrons. The minimum Gasteiger partial charge on any atom is -0.378 e. The van der Waals surface area contributed by atoms with Gasteiger partial charge in [0.15, 0.2) is 5.16 Å². The van der Waals surface area contributed by atoms with Crippen molar-refractivity contribution in [3.8, 4) is 11.3 Å². The molecular weight excluding hydrogens is 428 g/mol. The zero-order valence-corrected chi connectivity index (χ0v) is 19.4. The Hall–Kier alpha value is -2.44. The van der Waals surface area contributed by atoms with Gasteiger partial charge in [-0.1, -0.05) is 48.3 Å². The molecule has 5 nitrogen and oxygen atoms in total. The van der Waals surface area contributed by atoms with E-state index in [4.69, 9.17) is 11.6 Å². The number of hydrogen-bond acceptors (Lipinski definition) is 4. The summed E-state index contributed by atoms with van der Waals surface area (Å²) in [5.74, 6) is 0.288. The Bertz CT molecular complexity index is 1020. The van der Waals surface area contributed by atoms with E-state index in [1.807, 2.05) is 73.7 Å². The molecule has 0 unspecified atom stereocenters. The predicted octanol–water partition coefficient (Wildman–Crippen LogP) is 6.12. The maximum atomic E-state index is 12.6. The number of halogens is 1. The smallest absolute Gasteiger partial charge is 0.234 e. The van der Waals surface area contributed by atoms with Gasteiger partial charge in [0.25, 0.3) is 0 Å². The molecule has 0 bridgehead atoms. The molecule has 1 aliphatic carbocycles. The fraction of sp³-hybridized carbons (Fsp3) is 0.333. The molecule has 1 aromatic heterocycles. The van der Waals surface area contributed by atoms with Gasteiger partial charge in [-0.2, -0.15) is 0 Å². The number of nitrogens with one attached hydrogen (secondary N) is 1. The lowest BCUT2D eigenvalue weighted by atomic mass is 10.1. The van der Waals surface area contributed by atoms with Crippen molar-refractivity contribution in [2.45, 2.75) is 36.9 Å². The molecule has 2 aromatic carbocycles. The summed E-state index contributed by atoms with van der Waals surface area (Å²) in [6.45, 7) is 0. The number of benzene rings is 2. The van der Waals surface area contributed by atoms with Crippen LogP contribution in [-0.4, -0.2) is 35.3 Å². The number of thioether (sulfide) groups is 1. The van der Waals surface area contributed by atoms with Crippen LogP contribution in [0.5, 0.6) is 0 Å². The van der Waals surface area contributed by atoms with E-state index < -0.39 is 0 Å². The van der Waals surface area contributed by atoms with Gasteiger partial charge in [-0.15, -0.1) is 0 Å². The highest BCUT2D eigenvalue weighted by Gasteiger charge is 2.24. The number of anilines is 2. The van der Waals surface area contributed by atoms with Gasteiger partial charge in [-0.3, -0.25) is 4.79 Å². The van der Waals surface area contributed by atoms with E-state index in [9.17, 15) is 4.79 Å². The van der Waals surface area contributed by atoms with Crippen molar-refractivity contribution in [3.05, 3.63) is 59.8 Å². The first kappa shape index (κ1) is 21.8. The fourth-order valence-electron chi connectivity index (χ4n) is 3.97. The van der Waals surface area contributed by atoms with Crippen LogP contribution < -0.4 is 10.2 Å². The number of carbonyl (C=O) groups is 1. The van der Waals surface area contributed by atoms with Crippen LogP contribution in [0.15, 0.2) is 59.9 Å². The Balaban J connectivity index is 1.47. The number of carbonyl (C=O) groups excluding carboxylic acids is 1. The van der Waals surface area contributed by atoms with Crippen LogP contribution in [0.1, 0.15) is 31.7 Å². The molecule has 162 valence electrons. The zero-order valence-electron chi connectivity index (χ0n) is 17.8. The number of rotatable bonds is 7. The second-order valence-electron chi connectivity index (χ2n) is 8.02. The SMILES string of the molecule is CN(C)c1ccc(NC(=O)CSc2ncc(-c3ccc(Cl)cc3)n2C2CCCC2)cc1. The molecule has 1 amide bonds. The van der Waals surface area contributed by atoms with E-state index in [1.165, 1.54) is 24.6 Å². The first-order valence-electron chi connectivity index (χ1n) is 10.5. The lowest BCUT2D eigenvalue weighted by Gasteiger charge is -2.18. The summed E-state index contributed by atoms with van der Waals surface area (Å²) < 4.78 is 2.32. The van der Waals surface area contributed by atoms with Gasteiger partial charge in [0.2, 0.25) is 5.91 Å². The summed E-state index contributed by atoms with van der Waals surface area (Å²) in [6.07, 6.45) is 6.68. The van der Waals surface area contributed by atoms with Crippen molar-refractivity contribution >= 4 is 40.6 Å². The molecule has 0 aliphatic heterocycles. The minimum atomic E-state index is -0.0309. The highest BCUT2D eigenvalue weighted by molar-refractivity contribution is 7.99. The molecule has 1 aliphatic rings. The van der Waals surface area contributed by atoms with Crippen molar-refractivity contribution in [3.63, 3.8) is 0 Å². The number of amides is 1. The molecule has 1 heterocycles. The van der Waals surface area contributed by atoms with Gasteiger partial charge >= 0.3 is 0 Å². The van der Waals surface area contributed by atoms with E-state index >= 15 is 0 Å². The lowest BCUT2D eigenvalue weighted by Crippen LogP contribution is -2.15. The molecule has 0 atom stereocenters. The first-order valence-corrected chi connectivity index (χ1v) is 11.9. The summed E-state index contributed by atoms with van der Waals surface area (Å²) >= 11 is 7.57. The average molecular weight is 455 g/mol. The van der Waals surface area contributed by atoms with Crippen LogP contribution in [-0.2, 0) is 4.79 Å². The Labute approximate surface area is 192 Å². The van der Waals surface area contributed by atoms with Gasteiger partial charge in [-0.05, 0) is 54.8 Å². The normalized spacial score (nSPS) is 14.0. The summed E-state index contributed by atoms with van der Waals surface area (Å²) in [5.41, 5.74) is 4.09. The molecule has 1 fully saturated rings. The number of imidazole rings is 1. The highest BCUT2D eigenvalue weighted by atomic mass is 35.5. The van der Waals surface area contributed by atoms with Crippen molar-refractivity contribution in [1.82, 2.24) is 9.55 Å². The predicted molar refractivity (Wildman–Crippen MR) is 130 cm³/mol. The quantitative estimate of drug-likeness (QED) is 0.437. The van der Waals surface area contributed by atoms with E-state index in [2.05, 4.69) is 14.9 Å². The third-order valence-corrected chi connectivity index (χ3v) is 6.81. The van der Waals surface area contributed by atoms with Crippen molar-refractivity contribution in [2.24, 2.45) is 0 Å². The maximum Gasteiger partial charge on any atom is 0.234 e. The molecule has 0 spiro atoms. The third-order valence-electron chi connectivity index (χ3n) is 5.59. The van der Waals surface area contributed by atoms with Gasteiger partial charge in [0.05, 0.1) is 17.6 Å². The van der Waals surface area contributed by atoms with Crippen LogP contribution in [0.4, 0.5) is 11.4 Å². The molecule has 7 heteroatoms. The van der Waals surface area contributed by atoms with Gasteiger partial charge in [0.1, 0.15) is 0 Å². The van der Waals surface area contributed by atoms with E-state index in [0.29, 0.717) is 11.8 Å². The van der Waals surface area contributed by atoms with Crippen molar-refractivity contribution in [2.75, 3.05) is 30.1 Å². The Morgan fingerprint density at radius 3 is 2.45 bits per heavy atom. The Morgan fingerprint density at radius 1 is 1.13 bits per heavy atom. The fourth-order valence-corrected chi connectivity index (χ4v) is 4.94. The summed E-state index contributed by atoms with van der Waals surface area (Å²) in [5, 5.41) is 4.60. The van der Waals surface area contributed by atoms with Crippen molar-refractivity contribution < 1.29 is 4.79 Å².